The van der Waals surface area contributed by atoms with Gasteiger partial charge in [0.15, 0.2) is 9.84 Å². The van der Waals surface area contributed by atoms with Crippen LogP contribution in [0.15, 0.2) is 89.8 Å². The van der Waals surface area contributed by atoms with Crippen molar-refractivity contribution in [3.8, 4) is 0 Å². The summed E-state index contributed by atoms with van der Waals surface area (Å²) in [6, 6.07) is 26.1. The van der Waals surface area contributed by atoms with E-state index in [2.05, 4.69) is 5.32 Å². The highest BCUT2D eigenvalue weighted by Crippen LogP contribution is 2.24. The second kappa shape index (κ2) is 8.18. The summed E-state index contributed by atoms with van der Waals surface area (Å²) in [7, 11) is -3.36. The summed E-state index contributed by atoms with van der Waals surface area (Å²) in [5.74, 6) is -0.285. The zero-order valence-electron chi connectivity index (χ0n) is 15.0. The van der Waals surface area contributed by atoms with Gasteiger partial charge in [-0.15, -0.1) is 0 Å². The highest BCUT2D eigenvalue weighted by molar-refractivity contribution is 7.90. The molecule has 3 aromatic carbocycles. The van der Waals surface area contributed by atoms with Gasteiger partial charge in [-0.25, -0.2) is 8.42 Å². The van der Waals surface area contributed by atoms with Crippen molar-refractivity contribution in [1.82, 2.24) is 5.32 Å². The van der Waals surface area contributed by atoms with Crippen LogP contribution in [0.3, 0.4) is 0 Å². The molecule has 0 aromatic heterocycles. The van der Waals surface area contributed by atoms with Crippen LogP contribution in [-0.4, -0.2) is 27.1 Å². The van der Waals surface area contributed by atoms with Crippen LogP contribution in [0.5, 0.6) is 0 Å². The lowest BCUT2D eigenvalue weighted by Crippen LogP contribution is -2.29. The van der Waals surface area contributed by atoms with Crippen molar-refractivity contribution in [1.29, 1.82) is 0 Å². The summed E-state index contributed by atoms with van der Waals surface area (Å²) in [5, 5.41) is 2.94. The molecule has 5 heteroatoms. The number of carbonyl (C=O) groups excluding carboxylic acids is 1. The zero-order valence-corrected chi connectivity index (χ0v) is 15.8. The molecular weight excluding hydrogens is 358 g/mol. The van der Waals surface area contributed by atoms with E-state index in [1.165, 1.54) is 12.1 Å². The molecular formula is C22H21NO3S. The Morgan fingerprint density at radius 3 is 1.93 bits per heavy atom. The predicted octanol–water partition coefficient (Wildman–Crippen LogP) is 3.65. The third-order valence-corrected chi connectivity index (χ3v) is 5.51. The van der Waals surface area contributed by atoms with Gasteiger partial charge in [0.1, 0.15) is 0 Å². The first-order valence-electron chi connectivity index (χ1n) is 8.63. The fraction of sp³-hybridized carbons (Fsp3) is 0.136. The van der Waals surface area contributed by atoms with Crippen LogP contribution < -0.4 is 5.32 Å². The minimum atomic E-state index is -3.36. The number of hydrogen-bond donors (Lipinski definition) is 1. The molecule has 138 valence electrons. The average molecular weight is 379 g/mol. The summed E-state index contributed by atoms with van der Waals surface area (Å²) in [4.78, 5) is 12.7. The number of nitrogens with one attached hydrogen (secondary N) is 1. The molecule has 0 aliphatic rings. The van der Waals surface area contributed by atoms with Gasteiger partial charge in [0.05, 0.1) is 4.90 Å². The molecule has 27 heavy (non-hydrogen) atoms. The first-order chi connectivity index (χ1) is 12.9. The fourth-order valence-corrected chi connectivity index (χ4v) is 3.63. The molecule has 0 atom stereocenters. The zero-order chi connectivity index (χ0) is 19.3. The van der Waals surface area contributed by atoms with Crippen molar-refractivity contribution in [3.63, 3.8) is 0 Å². The van der Waals surface area contributed by atoms with E-state index in [1.807, 2.05) is 60.7 Å². The van der Waals surface area contributed by atoms with E-state index in [-0.39, 0.29) is 16.7 Å². The minimum Gasteiger partial charge on any atom is -0.351 e. The Hall–Kier alpha value is -2.92. The van der Waals surface area contributed by atoms with E-state index >= 15 is 0 Å². The second-order valence-electron chi connectivity index (χ2n) is 6.38. The molecule has 0 fully saturated rings. The minimum absolute atomic E-state index is 0.00874. The van der Waals surface area contributed by atoms with Gasteiger partial charge in [-0.1, -0.05) is 66.7 Å². The Morgan fingerprint density at radius 1 is 0.852 bits per heavy atom. The highest BCUT2D eigenvalue weighted by Gasteiger charge is 2.17. The topological polar surface area (TPSA) is 63.2 Å². The molecule has 0 bridgehead atoms. The summed E-state index contributed by atoms with van der Waals surface area (Å²) in [6.07, 6.45) is 1.13. The van der Waals surface area contributed by atoms with Crippen LogP contribution in [0.4, 0.5) is 0 Å². The van der Waals surface area contributed by atoms with Gasteiger partial charge >= 0.3 is 0 Å². The molecule has 1 N–H and O–H groups in total. The van der Waals surface area contributed by atoms with E-state index in [0.29, 0.717) is 12.1 Å². The van der Waals surface area contributed by atoms with Crippen molar-refractivity contribution in [3.05, 3.63) is 102 Å². The van der Waals surface area contributed by atoms with Gasteiger partial charge in [-0.05, 0) is 29.3 Å². The van der Waals surface area contributed by atoms with Crippen LogP contribution in [-0.2, 0) is 9.84 Å². The molecule has 0 saturated heterocycles. The summed E-state index contributed by atoms with van der Waals surface area (Å²) in [5.41, 5.74) is 2.54. The van der Waals surface area contributed by atoms with Crippen molar-refractivity contribution in [2.24, 2.45) is 0 Å². The van der Waals surface area contributed by atoms with Gasteiger partial charge < -0.3 is 5.32 Å². The van der Waals surface area contributed by atoms with E-state index in [4.69, 9.17) is 0 Å². The van der Waals surface area contributed by atoms with Crippen molar-refractivity contribution < 1.29 is 13.2 Å². The Balaban J connectivity index is 1.81. The molecule has 3 aromatic rings. The standard InChI is InChI=1S/C22H21NO3S/c1-27(25,26)20-14-8-13-19(15-20)22(24)23-16-21(17-9-4-2-5-10-17)18-11-6-3-7-12-18/h2-15,21H,16H2,1H3,(H,23,24). The largest absolute Gasteiger partial charge is 0.351 e. The third kappa shape index (κ3) is 4.83. The lowest BCUT2D eigenvalue weighted by Gasteiger charge is -2.19. The maximum atomic E-state index is 12.6. The Bertz CT molecular complexity index is 976. The van der Waals surface area contributed by atoms with E-state index in [1.54, 1.807) is 12.1 Å². The number of rotatable bonds is 6. The van der Waals surface area contributed by atoms with Gasteiger partial charge in [0.2, 0.25) is 0 Å². The molecule has 0 aliphatic heterocycles. The first-order valence-corrected chi connectivity index (χ1v) is 10.5. The van der Waals surface area contributed by atoms with Crippen LogP contribution in [0.25, 0.3) is 0 Å². The Kier molecular flexibility index (Phi) is 5.72. The van der Waals surface area contributed by atoms with Gasteiger partial charge in [-0.2, -0.15) is 0 Å². The highest BCUT2D eigenvalue weighted by atomic mass is 32.2. The van der Waals surface area contributed by atoms with E-state index < -0.39 is 9.84 Å². The second-order valence-corrected chi connectivity index (χ2v) is 8.40. The average Bonchev–Trinajstić information content (AvgIpc) is 2.69. The maximum absolute atomic E-state index is 12.6. The van der Waals surface area contributed by atoms with Crippen LogP contribution in [0.2, 0.25) is 0 Å². The van der Waals surface area contributed by atoms with Crippen molar-refractivity contribution in [2.75, 3.05) is 12.8 Å². The monoisotopic (exact) mass is 379 g/mol. The van der Waals surface area contributed by atoms with Crippen molar-refractivity contribution >= 4 is 15.7 Å². The Labute approximate surface area is 159 Å². The summed E-state index contributed by atoms with van der Waals surface area (Å²) in [6.45, 7) is 0.413. The number of amides is 1. The van der Waals surface area contributed by atoms with Gasteiger partial charge in [0, 0.05) is 24.3 Å². The molecule has 1 amide bonds. The quantitative estimate of drug-likeness (QED) is 0.711. The molecule has 0 unspecified atom stereocenters. The van der Waals surface area contributed by atoms with Crippen LogP contribution in [0.1, 0.15) is 27.4 Å². The normalized spacial score (nSPS) is 11.3. The number of carbonyl (C=O) groups is 1. The molecule has 0 aliphatic carbocycles. The SMILES string of the molecule is CS(=O)(=O)c1cccc(C(=O)NCC(c2ccccc2)c2ccccc2)c1. The van der Waals surface area contributed by atoms with Crippen LogP contribution in [0, 0.1) is 0 Å². The Morgan fingerprint density at radius 2 is 1.41 bits per heavy atom. The van der Waals surface area contributed by atoms with E-state index in [0.717, 1.165) is 17.4 Å². The van der Waals surface area contributed by atoms with Gasteiger partial charge in [0.25, 0.3) is 5.91 Å². The third-order valence-electron chi connectivity index (χ3n) is 4.40. The predicted molar refractivity (Wildman–Crippen MR) is 107 cm³/mol. The number of hydrogen-bond acceptors (Lipinski definition) is 3. The maximum Gasteiger partial charge on any atom is 0.251 e. The smallest absolute Gasteiger partial charge is 0.251 e. The molecule has 0 saturated carbocycles. The molecule has 0 radical (unpaired) electrons. The number of benzene rings is 3. The van der Waals surface area contributed by atoms with Gasteiger partial charge in [-0.3, -0.25) is 4.79 Å². The lowest BCUT2D eigenvalue weighted by molar-refractivity contribution is 0.0952. The summed E-state index contributed by atoms with van der Waals surface area (Å²) >= 11 is 0. The molecule has 3 rings (SSSR count). The number of sulfone groups is 1. The molecule has 4 nitrogen and oxygen atoms in total. The molecule has 0 heterocycles. The summed E-state index contributed by atoms with van der Waals surface area (Å²) < 4.78 is 23.4. The van der Waals surface area contributed by atoms with E-state index in [9.17, 15) is 13.2 Å². The molecule has 0 spiro atoms. The van der Waals surface area contributed by atoms with Crippen molar-refractivity contribution in [2.45, 2.75) is 10.8 Å². The van der Waals surface area contributed by atoms with Crippen LogP contribution >= 0.6 is 0 Å². The fourth-order valence-electron chi connectivity index (χ4n) is 2.96. The lowest BCUT2D eigenvalue weighted by atomic mass is 9.91. The first kappa shape index (κ1) is 18.9.